The number of anilines is 3. The molecule has 0 N–H and O–H groups in total. The fourth-order valence-corrected chi connectivity index (χ4v) is 10.7. The van der Waals surface area contributed by atoms with Crippen LogP contribution in [0.1, 0.15) is 0 Å². The van der Waals surface area contributed by atoms with Crippen molar-refractivity contribution in [2.75, 3.05) is 4.90 Å². The summed E-state index contributed by atoms with van der Waals surface area (Å²) in [4.78, 5) is 6.20. The van der Waals surface area contributed by atoms with Crippen LogP contribution in [0.4, 0.5) is 22.7 Å². The first-order chi connectivity index (χ1) is 30.2. The molecule has 2 heterocycles. The van der Waals surface area contributed by atoms with Gasteiger partial charge in [-0.25, -0.2) is 4.85 Å². The summed E-state index contributed by atoms with van der Waals surface area (Å²) in [7, 11) is 0. The molecule has 61 heavy (non-hydrogen) atoms. The number of thiophene rings is 1. The minimum atomic E-state index is 0.622. The predicted molar refractivity (Wildman–Crippen MR) is 259 cm³/mol. The van der Waals surface area contributed by atoms with Crippen LogP contribution in [0.25, 0.3) is 102 Å². The van der Waals surface area contributed by atoms with Crippen molar-refractivity contribution in [2.24, 2.45) is 0 Å². The van der Waals surface area contributed by atoms with Crippen molar-refractivity contribution in [2.45, 2.75) is 0 Å². The highest BCUT2D eigenvalue weighted by Crippen LogP contribution is 2.50. The quantitative estimate of drug-likeness (QED) is 0.156. The first-order valence-electron chi connectivity index (χ1n) is 20.5. The van der Waals surface area contributed by atoms with Crippen LogP contribution in [0.2, 0.25) is 0 Å². The van der Waals surface area contributed by atoms with Crippen molar-refractivity contribution in [1.29, 1.82) is 0 Å². The first-order valence-corrected chi connectivity index (χ1v) is 21.3. The maximum Gasteiger partial charge on any atom is 0.194 e. The van der Waals surface area contributed by atoms with E-state index in [0.717, 1.165) is 55.7 Å². The smallest absolute Gasteiger partial charge is 0.194 e. The van der Waals surface area contributed by atoms with Gasteiger partial charge in [0.15, 0.2) is 5.69 Å². The van der Waals surface area contributed by atoms with E-state index in [9.17, 15) is 0 Å². The molecule has 0 aliphatic carbocycles. The Balaban J connectivity index is 1.09. The Bertz CT molecular complexity index is 3730. The fourth-order valence-electron chi connectivity index (χ4n) is 9.47. The third kappa shape index (κ3) is 5.56. The normalized spacial score (nSPS) is 11.6. The molecule has 0 spiro atoms. The first kappa shape index (κ1) is 35.0. The third-order valence-electron chi connectivity index (χ3n) is 12.1. The highest BCUT2D eigenvalue weighted by molar-refractivity contribution is 7.26. The second-order valence-electron chi connectivity index (χ2n) is 15.4. The van der Waals surface area contributed by atoms with Crippen LogP contribution in [0.15, 0.2) is 211 Å². The summed E-state index contributed by atoms with van der Waals surface area (Å²) < 4.78 is 9.22. The van der Waals surface area contributed by atoms with Crippen molar-refractivity contribution >= 4 is 97.7 Å². The standard InChI is InChI=1S/C57H34N2OS/c1-58-49-28-11-9-22-42(49)43-23-10-12-29-50(43)59(37-18-3-2-4-19-37)38-32-33-51-48(34-38)55-46(26-14-30-52(55)60-51)47-35-54-57(44-24-8-7-21-41(44)47)56-45(27-15-31-53(56)61-54)40-25-13-17-36-16-5-6-20-39(36)40/h2-35H. The van der Waals surface area contributed by atoms with Gasteiger partial charge in [0.25, 0.3) is 0 Å². The van der Waals surface area contributed by atoms with Crippen LogP contribution < -0.4 is 4.90 Å². The molecule has 0 saturated carbocycles. The maximum atomic E-state index is 7.98. The van der Waals surface area contributed by atoms with E-state index in [1.165, 1.54) is 58.4 Å². The molecule has 0 saturated heterocycles. The van der Waals surface area contributed by atoms with Gasteiger partial charge in [-0.15, -0.1) is 11.3 Å². The monoisotopic (exact) mass is 794 g/mol. The molecule has 0 bridgehead atoms. The minimum absolute atomic E-state index is 0.622. The van der Waals surface area contributed by atoms with Crippen LogP contribution >= 0.6 is 11.3 Å². The highest BCUT2D eigenvalue weighted by Gasteiger charge is 2.23. The van der Waals surface area contributed by atoms with Gasteiger partial charge in [-0.1, -0.05) is 152 Å². The number of fused-ring (bicyclic) bond motifs is 9. The summed E-state index contributed by atoms with van der Waals surface area (Å²) >= 11 is 1.87. The number of hydrogen-bond acceptors (Lipinski definition) is 3. The van der Waals surface area contributed by atoms with Crippen LogP contribution in [-0.4, -0.2) is 0 Å². The topological polar surface area (TPSA) is 20.7 Å². The zero-order chi connectivity index (χ0) is 40.4. The van der Waals surface area contributed by atoms with E-state index < -0.39 is 0 Å². The molecule has 0 amide bonds. The molecule has 3 nitrogen and oxygen atoms in total. The van der Waals surface area contributed by atoms with Gasteiger partial charge >= 0.3 is 0 Å². The molecule has 0 radical (unpaired) electrons. The third-order valence-corrected chi connectivity index (χ3v) is 13.2. The number of nitrogens with zero attached hydrogens (tertiary/aromatic N) is 2. The summed E-state index contributed by atoms with van der Waals surface area (Å²) in [6.45, 7) is 7.98. The van der Waals surface area contributed by atoms with Crippen molar-refractivity contribution in [1.82, 2.24) is 0 Å². The van der Waals surface area contributed by atoms with Crippen LogP contribution in [0.3, 0.4) is 0 Å². The molecular weight excluding hydrogens is 761 g/mol. The molecule has 0 fully saturated rings. The Morgan fingerprint density at radius 3 is 1.92 bits per heavy atom. The summed E-state index contributed by atoms with van der Waals surface area (Å²) in [5.41, 5.74) is 12.0. The van der Waals surface area contributed by atoms with E-state index in [-0.39, 0.29) is 0 Å². The lowest BCUT2D eigenvalue weighted by atomic mass is 9.90. The zero-order valence-corrected chi connectivity index (χ0v) is 33.7. The Kier molecular flexibility index (Phi) is 8.09. The van der Waals surface area contributed by atoms with E-state index in [1.54, 1.807) is 0 Å². The number of benzene rings is 10. The molecule has 10 aromatic carbocycles. The second kappa shape index (κ2) is 14.1. The Labute approximate surface area is 356 Å². The Morgan fingerprint density at radius 1 is 0.393 bits per heavy atom. The van der Waals surface area contributed by atoms with Gasteiger partial charge < -0.3 is 9.32 Å². The summed E-state index contributed by atoms with van der Waals surface area (Å²) in [5.74, 6) is 0. The van der Waals surface area contributed by atoms with E-state index in [1.807, 2.05) is 47.7 Å². The lowest BCUT2D eigenvalue weighted by molar-refractivity contribution is 0.669. The minimum Gasteiger partial charge on any atom is -0.456 e. The number of para-hydroxylation sites is 3. The number of hydrogen-bond donors (Lipinski definition) is 0. The average Bonchev–Trinajstić information content (AvgIpc) is 3.90. The lowest BCUT2D eigenvalue weighted by Gasteiger charge is -2.28. The van der Waals surface area contributed by atoms with Gasteiger partial charge in [0, 0.05) is 42.3 Å². The maximum absolute atomic E-state index is 7.98. The largest absolute Gasteiger partial charge is 0.456 e. The van der Waals surface area contributed by atoms with Crippen LogP contribution in [-0.2, 0) is 0 Å². The van der Waals surface area contributed by atoms with E-state index in [0.29, 0.717) is 5.69 Å². The summed E-state index contributed by atoms with van der Waals surface area (Å²) in [6.07, 6.45) is 0. The molecule has 12 rings (SSSR count). The second-order valence-corrected chi connectivity index (χ2v) is 16.5. The molecular formula is C57H34N2OS. The summed E-state index contributed by atoms with van der Waals surface area (Å²) in [6, 6.07) is 73.0. The number of furan rings is 1. The SMILES string of the molecule is [C-]#[N+]c1ccccc1-c1ccccc1N(c1ccccc1)c1ccc2oc3cccc(-c4cc5sc6cccc(-c7cccc8ccccc78)c6c5c5ccccc45)c3c2c1. The lowest BCUT2D eigenvalue weighted by Crippen LogP contribution is -2.11. The van der Waals surface area contributed by atoms with E-state index >= 15 is 0 Å². The van der Waals surface area contributed by atoms with Crippen molar-refractivity contribution < 1.29 is 4.42 Å². The number of rotatable bonds is 6. The molecule has 2 aromatic heterocycles. The van der Waals surface area contributed by atoms with Crippen molar-refractivity contribution in [3.63, 3.8) is 0 Å². The fraction of sp³-hybridized carbons (Fsp3) is 0. The molecule has 0 unspecified atom stereocenters. The Hall–Kier alpha value is -7.97. The van der Waals surface area contributed by atoms with Crippen LogP contribution in [0, 0.1) is 6.57 Å². The molecule has 0 atom stereocenters. The average molecular weight is 795 g/mol. The molecule has 0 aliphatic rings. The van der Waals surface area contributed by atoms with Crippen molar-refractivity contribution in [3.8, 4) is 33.4 Å². The predicted octanol–water partition coefficient (Wildman–Crippen LogP) is 17.3. The van der Waals surface area contributed by atoms with Gasteiger partial charge in [0.05, 0.1) is 12.3 Å². The zero-order valence-electron chi connectivity index (χ0n) is 32.8. The van der Waals surface area contributed by atoms with E-state index in [4.69, 9.17) is 11.0 Å². The highest BCUT2D eigenvalue weighted by atomic mass is 32.1. The van der Waals surface area contributed by atoms with Gasteiger partial charge in [0.2, 0.25) is 0 Å². The van der Waals surface area contributed by atoms with Gasteiger partial charge in [-0.3, -0.25) is 0 Å². The molecule has 0 aliphatic heterocycles. The van der Waals surface area contributed by atoms with E-state index in [2.05, 4.69) is 180 Å². The molecule has 4 heteroatoms. The van der Waals surface area contributed by atoms with Gasteiger partial charge in [0.1, 0.15) is 11.2 Å². The van der Waals surface area contributed by atoms with Gasteiger partial charge in [-0.2, -0.15) is 0 Å². The summed E-state index contributed by atoms with van der Waals surface area (Å²) in [5, 5.41) is 9.68. The van der Waals surface area contributed by atoms with Crippen LogP contribution in [0.5, 0.6) is 0 Å². The Morgan fingerprint density at radius 2 is 1.05 bits per heavy atom. The van der Waals surface area contributed by atoms with Gasteiger partial charge in [-0.05, 0) is 110 Å². The molecule has 284 valence electrons. The molecule has 12 aromatic rings. The van der Waals surface area contributed by atoms with Crippen molar-refractivity contribution in [3.05, 3.63) is 218 Å².